The molecular formula is C6H4FNO5S. The molecule has 1 rings (SSSR count). The molecule has 0 atom stereocenters. The van der Waals surface area contributed by atoms with Crippen LogP contribution in [-0.4, -0.2) is 18.4 Å². The van der Waals surface area contributed by atoms with Crippen molar-refractivity contribution in [3.05, 3.63) is 28.3 Å². The summed E-state index contributed by atoms with van der Waals surface area (Å²) in [5, 5.41) is 19.1. The van der Waals surface area contributed by atoms with Crippen molar-refractivity contribution in [2.24, 2.45) is 0 Å². The van der Waals surface area contributed by atoms with Crippen LogP contribution in [0.1, 0.15) is 0 Å². The van der Waals surface area contributed by atoms with E-state index in [-0.39, 0.29) is 0 Å². The number of aromatic hydroxyl groups is 1. The number of hydrogen-bond donors (Lipinski definition) is 1. The van der Waals surface area contributed by atoms with Crippen molar-refractivity contribution in [2.75, 3.05) is 0 Å². The van der Waals surface area contributed by atoms with E-state index >= 15 is 0 Å². The maximum Gasteiger partial charge on any atom is 0.332 e. The lowest BCUT2D eigenvalue weighted by Crippen LogP contribution is -1.95. The second kappa shape index (κ2) is 3.22. The van der Waals surface area contributed by atoms with E-state index in [4.69, 9.17) is 5.11 Å². The van der Waals surface area contributed by atoms with Crippen LogP contribution in [0.4, 0.5) is 9.57 Å². The molecule has 8 heteroatoms. The van der Waals surface area contributed by atoms with Crippen LogP contribution in [0.25, 0.3) is 0 Å². The van der Waals surface area contributed by atoms with Gasteiger partial charge in [0.2, 0.25) is 0 Å². The Kier molecular flexibility index (Phi) is 2.39. The zero-order chi connectivity index (χ0) is 10.9. The van der Waals surface area contributed by atoms with Crippen molar-refractivity contribution >= 4 is 15.9 Å². The molecule has 0 aliphatic heterocycles. The van der Waals surface area contributed by atoms with Crippen LogP contribution < -0.4 is 0 Å². The molecule has 1 aromatic carbocycles. The normalized spacial score (nSPS) is 11.2. The van der Waals surface area contributed by atoms with Crippen LogP contribution in [-0.2, 0) is 10.2 Å². The van der Waals surface area contributed by atoms with Gasteiger partial charge in [-0.3, -0.25) is 10.1 Å². The molecule has 1 aromatic rings. The largest absolute Gasteiger partial charge is 0.502 e. The highest BCUT2D eigenvalue weighted by molar-refractivity contribution is 7.86. The Labute approximate surface area is 78.0 Å². The van der Waals surface area contributed by atoms with Gasteiger partial charge >= 0.3 is 15.9 Å². The smallest absolute Gasteiger partial charge is 0.332 e. The van der Waals surface area contributed by atoms with E-state index in [2.05, 4.69) is 0 Å². The van der Waals surface area contributed by atoms with Gasteiger partial charge in [-0.25, -0.2) is 0 Å². The Morgan fingerprint density at radius 2 is 2.00 bits per heavy atom. The van der Waals surface area contributed by atoms with Gasteiger partial charge in [-0.15, -0.1) is 3.89 Å². The van der Waals surface area contributed by atoms with Crippen molar-refractivity contribution < 1.29 is 22.3 Å². The van der Waals surface area contributed by atoms with Gasteiger partial charge in [0.25, 0.3) is 0 Å². The molecule has 6 nitrogen and oxygen atoms in total. The van der Waals surface area contributed by atoms with E-state index < -0.39 is 31.5 Å². The summed E-state index contributed by atoms with van der Waals surface area (Å²) in [5.41, 5.74) is -0.858. The summed E-state index contributed by atoms with van der Waals surface area (Å²) < 4.78 is 33.1. The number of nitro benzene ring substituents is 1. The van der Waals surface area contributed by atoms with E-state index in [0.29, 0.717) is 6.07 Å². The van der Waals surface area contributed by atoms with Gasteiger partial charge in [-0.1, -0.05) is 0 Å². The summed E-state index contributed by atoms with van der Waals surface area (Å²) in [4.78, 5) is 8.36. The fourth-order valence-corrected chi connectivity index (χ4v) is 1.28. The fraction of sp³-hybridized carbons (Fsp3) is 0. The van der Waals surface area contributed by atoms with E-state index in [1.807, 2.05) is 0 Å². The van der Waals surface area contributed by atoms with Gasteiger partial charge in [0.05, 0.1) is 4.92 Å². The predicted octanol–water partition coefficient (Wildman–Crippen LogP) is 0.959. The Morgan fingerprint density at radius 1 is 1.43 bits per heavy atom. The van der Waals surface area contributed by atoms with Gasteiger partial charge in [0.1, 0.15) is 4.90 Å². The molecule has 0 aliphatic carbocycles. The lowest BCUT2D eigenvalue weighted by Gasteiger charge is -1.97. The molecular weight excluding hydrogens is 217 g/mol. The molecule has 0 unspecified atom stereocenters. The lowest BCUT2D eigenvalue weighted by molar-refractivity contribution is -0.386. The maximum atomic E-state index is 12.4. The summed E-state index contributed by atoms with van der Waals surface area (Å²) >= 11 is 0. The van der Waals surface area contributed by atoms with Crippen molar-refractivity contribution in [3.8, 4) is 5.75 Å². The summed E-state index contributed by atoms with van der Waals surface area (Å²) in [6, 6.07) is 1.92. The molecule has 0 aromatic heterocycles. The zero-order valence-corrected chi connectivity index (χ0v) is 7.36. The third kappa shape index (κ3) is 1.96. The van der Waals surface area contributed by atoms with Gasteiger partial charge < -0.3 is 5.11 Å². The average Bonchev–Trinajstić information content (AvgIpc) is 2.02. The quantitative estimate of drug-likeness (QED) is 0.455. The molecule has 0 radical (unpaired) electrons. The van der Waals surface area contributed by atoms with Gasteiger partial charge in [0.15, 0.2) is 5.75 Å². The molecule has 1 N–H and O–H groups in total. The first-order valence-electron chi connectivity index (χ1n) is 3.24. The highest BCUT2D eigenvalue weighted by Gasteiger charge is 2.20. The lowest BCUT2D eigenvalue weighted by atomic mass is 10.3. The summed E-state index contributed by atoms with van der Waals surface area (Å²) in [6.07, 6.45) is 0. The summed E-state index contributed by atoms with van der Waals surface area (Å²) in [6.45, 7) is 0. The Hall–Kier alpha value is -1.70. The molecule has 0 aliphatic rings. The molecule has 0 saturated heterocycles. The molecule has 0 spiro atoms. The van der Waals surface area contributed by atoms with E-state index in [0.717, 1.165) is 12.1 Å². The van der Waals surface area contributed by atoms with Gasteiger partial charge in [-0.2, -0.15) is 8.42 Å². The van der Waals surface area contributed by atoms with Crippen molar-refractivity contribution in [2.45, 2.75) is 4.90 Å². The van der Waals surface area contributed by atoms with Crippen LogP contribution in [0.15, 0.2) is 23.1 Å². The SMILES string of the molecule is O=[N+]([O-])c1cc(S(=O)(=O)F)ccc1O. The number of rotatable bonds is 2. The minimum Gasteiger partial charge on any atom is -0.502 e. The topological polar surface area (TPSA) is 97.5 Å². The van der Waals surface area contributed by atoms with Crippen LogP contribution >= 0.6 is 0 Å². The Bertz CT molecular complexity index is 483. The molecule has 0 amide bonds. The van der Waals surface area contributed by atoms with Gasteiger partial charge in [-0.05, 0) is 12.1 Å². The number of phenols is 1. The zero-order valence-electron chi connectivity index (χ0n) is 6.55. The Balaban J connectivity index is 3.42. The second-order valence-corrected chi connectivity index (χ2v) is 3.69. The molecule has 0 saturated carbocycles. The third-order valence-corrected chi connectivity index (χ3v) is 2.24. The van der Waals surface area contributed by atoms with Gasteiger partial charge in [0, 0.05) is 6.07 Å². The molecule has 76 valence electrons. The van der Waals surface area contributed by atoms with Crippen molar-refractivity contribution in [1.82, 2.24) is 0 Å². The predicted molar refractivity (Wildman–Crippen MR) is 43.1 cm³/mol. The second-order valence-electron chi connectivity index (χ2n) is 2.35. The highest BCUT2D eigenvalue weighted by Crippen LogP contribution is 2.28. The first-order valence-corrected chi connectivity index (χ1v) is 4.63. The number of hydrogen-bond acceptors (Lipinski definition) is 5. The number of nitrogens with zero attached hydrogens (tertiary/aromatic N) is 1. The number of halogens is 1. The minimum absolute atomic E-state index is 0.449. The Morgan fingerprint density at radius 3 is 2.43 bits per heavy atom. The first kappa shape index (κ1) is 10.4. The number of benzene rings is 1. The van der Waals surface area contributed by atoms with E-state index in [1.165, 1.54) is 0 Å². The fourth-order valence-electron chi connectivity index (χ4n) is 0.801. The number of phenolic OH excluding ortho intramolecular Hbond substituents is 1. The van der Waals surface area contributed by atoms with Crippen LogP contribution in [0.2, 0.25) is 0 Å². The van der Waals surface area contributed by atoms with E-state index in [1.54, 1.807) is 0 Å². The third-order valence-electron chi connectivity index (χ3n) is 1.43. The molecule has 0 bridgehead atoms. The van der Waals surface area contributed by atoms with E-state index in [9.17, 15) is 22.4 Å². The number of nitro groups is 1. The molecule has 0 heterocycles. The standard InChI is InChI=1S/C6H4FNO5S/c7-14(12,13)4-1-2-6(9)5(3-4)8(10)11/h1-3,9H. The summed E-state index contributed by atoms with van der Waals surface area (Å²) in [7, 11) is -4.99. The van der Waals surface area contributed by atoms with Crippen LogP contribution in [0.3, 0.4) is 0 Å². The minimum atomic E-state index is -4.99. The van der Waals surface area contributed by atoms with Crippen LogP contribution in [0, 0.1) is 10.1 Å². The van der Waals surface area contributed by atoms with Crippen molar-refractivity contribution in [3.63, 3.8) is 0 Å². The monoisotopic (exact) mass is 221 g/mol. The molecule has 0 fully saturated rings. The summed E-state index contributed by atoms with van der Waals surface area (Å²) in [5.74, 6) is -0.720. The highest BCUT2D eigenvalue weighted by atomic mass is 32.3. The molecule has 14 heavy (non-hydrogen) atoms. The van der Waals surface area contributed by atoms with Crippen molar-refractivity contribution in [1.29, 1.82) is 0 Å². The first-order chi connectivity index (χ1) is 6.32. The maximum absolute atomic E-state index is 12.4. The van der Waals surface area contributed by atoms with Crippen LogP contribution in [0.5, 0.6) is 5.75 Å². The average molecular weight is 221 g/mol.